The molecule has 6 nitrogen and oxygen atoms in total. The third kappa shape index (κ3) is 5.11. The van der Waals surface area contributed by atoms with Crippen LogP contribution in [0, 0.1) is 0 Å². The van der Waals surface area contributed by atoms with Crippen LogP contribution in [0.15, 0.2) is 0 Å². The van der Waals surface area contributed by atoms with Gasteiger partial charge in [0.1, 0.15) is 17.9 Å². The minimum absolute atomic E-state index is 0.0857. The summed E-state index contributed by atoms with van der Waals surface area (Å²) in [5, 5.41) is 0. The standard InChI is InChI=1S/C16H29NO5/c1-15(2,3)22-14(18)17-9-7-6-8-13(17)19-10-12-11-20-16(4,5)21-12/h12-13H,6-11H2,1-5H3. The molecule has 0 spiro atoms. The molecule has 6 heteroatoms. The van der Waals surface area contributed by atoms with Crippen LogP contribution in [0.25, 0.3) is 0 Å². The molecular weight excluding hydrogens is 286 g/mol. The van der Waals surface area contributed by atoms with Gasteiger partial charge in [-0.25, -0.2) is 4.79 Å². The number of ether oxygens (including phenoxy) is 4. The molecule has 22 heavy (non-hydrogen) atoms. The van der Waals surface area contributed by atoms with E-state index in [1.165, 1.54) is 0 Å². The van der Waals surface area contributed by atoms with Crippen LogP contribution >= 0.6 is 0 Å². The number of carbonyl (C=O) groups is 1. The first-order valence-corrected chi connectivity index (χ1v) is 8.09. The van der Waals surface area contributed by atoms with Crippen LogP contribution in [0.3, 0.4) is 0 Å². The van der Waals surface area contributed by atoms with E-state index in [4.69, 9.17) is 18.9 Å². The highest BCUT2D eigenvalue weighted by Crippen LogP contribution is 2.25. The summed E-state index contributed by atoms with van der Waals surface area (Å²) >= 11 is 0. The van der Waals surface area contributed by atoms with Crippen molar-refractivity contribution in [2.24, 2.45) is 0 Å². The fourth-order valence-electron chi connectivity index (χ4n) is 2.67. The molecule has 0 aromatic carbocycles. The lowest BCUT2D eigenvalue weighted by Crippen LogP contribution is -2.48. The Morgan fingerprint density at radius 2 is 2.05 bits per heavy atom. The predicted octanol–water partition coefficient (Wildman–Crippen LogP) is 2.90. The second kappa shape index (κ2) is 6.72. The number of rotatable bonds is 3. The molecule has 2 saturated heterocycles. The van der Waals surface area contributed by atoms with Crippen molar-refractivity contribution in [3.05, 3.63) is 0 Å². The Balaban J connectivity index is 1.86. The normalized spacial score (nSPS) is 28.7. The van der Waals surface area contributed by atoms with Gasteiger partial charge < -0.3 is 18.9 Å². The third-order valence-electron chi connectivity index (χ3n) is 3.62. The quantitative estimate of drug-likeness (QED) is 0.801. The SMILES string of the molecule is CC(C)(C)OC(=O)N1CCCCC1OCC1COC(C)(C)O1. The minimum Gasteiger partial charge on any atom is -0.444 e. The van der Waals surface area contributed by atoms with E-state index in [1.807, 2.05) is 34.6 Å². The fourth-order valence-corrected chi connectivity index (χ4v) is 2.67. The van der Waals surface area contributed by atoms with Gasteiger partial charge in [-0.1, -0.05) is 0 Å². The van der Waals surface area contributed by atoms with Crippen molar-refractivity contribution < 1.29 is 23.7 Å². The summed E-state index contributed by atoms with van der Waals surface area (Å²) in [6.07, 6.45) is 2.23. The van der Waals surface area contributed by atoms with Crippen molar-refractivity contribution >= 4 is 6.09 Å². The lowest BCUT2D eigenvalue weighted by molar-refractivity contribution is -0.156. The molecule has 128 valence electrons. The van der Waals surface area contributed by atoms with Crippen molar-refractivity contribution in [1.29, 1.82) is 0 Å². The maximum atomic E-state index is 12.3. The Labute approximate surface area is 133 Å². The number of piperidine rings is 1. The Morgan fingerprint density at radius 3 is 2.64 bits per heavy atom. The molecule has 0 radical (unpaired) electrons. The van der Waals surface area contributed by atoms with Crippen LogP contribution in [0.1, 0.15) is 53.9 Å². The van der Waals surface area contributed by atoms with E-state index in [0.29, 0.717) is 19.8 Å². The Kier molecular flexibility index (Phi) is 5.35. The van der Waals surface area contributed by atoms with Crippen LogP contribution in [0.2, 0.25) is 0 Å². The van der Waals surface area contributed by atoms with Gasteiger partial charge in [-0.3, -0.25) is 4.90 Å². The highest BCUT2D eigenvalue weighted by molar-refractivity contribution is 5.68. The predicted molar refractivity (Wildman–Crippen MR) is 81.4 cm³/mol. The van der Waals surface area contributed by atoms with Crippen LogP contribution < -0.4 is 0 Å². The molecule has 0 aromatic heterocycles. The number of likely N-dealkylation sites (tertiary alicyclic amines) is 1. The number of nitrogens with zero attached hydrogens (tertiary/aromatic N) is 1. The van der Waals surface area contributed by atoms with Crippen LogP contribution in [0.4, 0.5) is 4.79 Å². The summed E-state index contributed by atoms with van der Waals surface area (Å²) in [7, 11) is 0. The summed E-state index contributed by atoms with van der Waals surface area (Å²) in [6, 6.07) is 0. The largest absolute Gasteiger partial charge is 0.444 e. The lowest BCUT2D eigenvalue weighted by Gasteiger charge is -2.36. The molecule has 0 bridgehead atoms. The van der Waals surface area contributed by atoms with Crippen LogP contribution in [-0.4, -0.2) is 54.5 Å². The molecule has 2 fully saturated rings. The first kappa shape index (κ1) is 17.5. The van der Waals surface area contributed by atoms with Gasteiger partial charge in [-0.05, 0) is 53.9 Å². The van der Waals surface area contributed by atoms with Gasteiger partial charge in [-0.15, -0.1) is 0 Å². The molecule has 0 N–H and O–H groups in total. The van der Waals surface area contributed by atoms with Crippen molar-refractivity contribution in [2.45, 2.75) is 77.6 Å². The molecule has 1 amide bonds. The molecule has 2 unspecified atom stereocenters. The summed E-state index contributed by atoms with van der Waals surface area (Å²) in [6.45, 7) is 11.0. The Morgan fingerprint density at radius 1 is 1.32 bits per heavy atom. The number of amides is 1. The van der Waals surface area contributed by atoms with Crippen molar-refractivity contribution in [2.75, 3.05) is 19.8 Å². The molecule has 0 aromatic rings. The van der Waals surface area contributed by atoms with Gasteiger partial charge in [0.25, 0.3) is 0 Å². The number of hydrogen-bond donors (Lipinski definition) is 0. The topological polar surface area (TPSA) is 57.2 Å². The molecule has 2 rings (SSSR count). The Bertz CT molecular complexity index is 390. The van der Waals surface area contributed by atoms with Crippen molar-refractivity contribution in [3.63, 3.8) is 0 Å². The fraction of sp³-hybridized carbons (Fsp3) is 0.938. The van der Waals surface area contributed by atoms with E-state index in [1.54, 1.807) is 4.90 Å². The molecule has 2 atom stereocenters. The minimum atomic E-state index is -0.550. The molecule has 2 aliphatic rings. The monoisotopic (exact) mass is 315 g/mol. The van der Waals surface area contributed by atoms with Crippen LogP contribution in [0.5, 0.6) is 0 Å². The summed E-state index contributed by atoms with van der Waals surface area (Å²) < 4.78 is 22.7. The summed E-state index contributed by atoms with van der Waals surface area (Å²) in [5.41, 5.74) is -0.495. The highest BCUT2D eigenvalue weighted by atomic mass is 16.7. The van der Waals surface area contributed by atoms with E-state index in [0.717, 1.165) is 19.3 Å². The third-order valence-corrected chi connectivity index (χ3v) is 3.62. The average molecular weight is 315 g/mol. The van der Waals surface area contributed by atoms with Crippen molar-refractivity contribution in [3.8, 4) is 0 Å². The second-order valence-corrected chi connectivity index (χ2v) is 7.41. The van der Waals surface area contributed by atoms with Gasteiger partial charge in [-0.2, -0.15) is 0 Å². The smallest absolute Gasteiger partial charge is 0.412 e. The summed E-state index contributed by atoms with van der Waals surface area (Å²) in [4.78, 5) is 14.0. The maximum Gasteiger partial charge on any atom is 0.412 e. The first-order chi connectivity index (χ1) is 10.2. The summed E-state index contributed by atoms with van der Waals surface area (Å²) in [5.74, 6) is -0.550. The second-order valence-electron chi connectivity index (χ2n) is 7.41. The van der Waals surface area contributed by atoms with E-state index in [9.17, 15) is 4.79 Å². The zero-order chi connectivity index (χ0) is 16.4. The molecule has 2 heterocycles. The number of carbonyl (C=O) groups excluding carboxylic acids is 1. The zero-order valence-corrected chi connectivity index (χ0v) is 14.4. The lowest BCUT2D eigenvalue weighted by atomic mass is 10.1. The molecule has 0 saturated carbocycles. The van der Waals surface area contributed by atoms with Gasteiger partial charge in [0, 0.05) is 6.54 Å². The van der Waals surface area contributed by atoms with Gasteiger partial charge in [0.2, 0.25) is 0 Å². The zero-order valence-electron chi connectivity index (χ0n) is 14.4. The molecule has 2 aliphatic heterocycles. The van der Waals surface area contributed by atoms with E-state index in [2.05, 4.69) is 0 Å². The van der Waals surface area contributed by atoms with E-state index in [-0.39, 0.29) is 18.4 Å². The van der Waals surface area contributed by atoms with E-state index < -0.39 is 11.4 Å². The van der Waals surface area contributed by atoms with Gasteiger partial charge in [0.05, 0.1) is 13.2 Å². The van der Waals surface area contributed by atoms with Gasteiger partial charge in [0.15, 0.2) is 5.79 Å². The average Bonchev–Trinajstić information content (AvgIpc) is 2.74. The highest BCUT2D eigenvalue weighted by Gasteiger charge is 2.35. The first-order valence-electron chi connectivity index (χ1n) is 8.09. The van der Waals surface area contributed by atoms with Gasteiger partial charge >= 0.3 is 6.09 Å². The van der Waals surface area contributed by atoms with Crippen molar-refractivity contribution in [1.82, 2.24) is 4.90 Å². The maximum absolute atomic E-state index is 12.3. The van der Waals surface area contributed by atoms with Crippen LogP contribution in [-0.2, 0) is 18.9 Å². The molecular formula is C16H29NO5. The molecule has 0 aliphatic carbocycles. The Hall–Kier alpha value is -0.850. The van der Waals surface area contributed by atoms with E-state index >= 15 is 0 Å². The number of hydrogen-bond acceptors (Lipinski definition) is 5.